The molecule has 1 aliphatic heterocycles. The highest BCUT2D eigenvalue weighted by Crippen LogP contribution is 2.35. The monoisotopic (exact) mass is 320 g/mol. The Hall–Kier alpha value is -2.57. The second-order valence-electron chi connectivity index (χ2n) is 5.21. The molecule has 124 valence electrons. The Labute approximate surface area is 134 Å². The first-order valence-corrected chi connectivity index (χ1v) is 7.36. The van der Waals surface area contributed by atoms with Crippen LogP contribution in [-0.2, 0) is 19.1 Å². The van der Waals surface area contributed by atoms with Crippen molar-refractivity contribution in [2.45, 2.75) is 19.8 Å². The van der Waals surface area contributed by atoms with Gasteiger partial charge < -0.3 is 19.7 Å². The maximum Gasteiger partial charge on any atom is 0.311 e. The average molecular weight is 320 g/mol. The number of rotatable bonds is 5. The van der Waals surface area contributed by atoms with Gasteiger partial charge in [0.15, 0.2) is 0 Å². The second-order valence-corrected chi connectivity index (χ2v) is 5.21. The molecule has 7 heteroatoms. The van der Waals surface area contributed by atoms with Gasteiger partial charge in [-0.1, -0.05) is 6.92 Å². The zero-order chi connectivity index (χ0) is 17.0. The van der Waals surface area contributed by atoms with Crippen LogP contribution in [0.4, 0.5) is 11.4 Å². The number of ether oxygens (including phenoxy) is 2. The van der Waals surface area contributed by atoms with Gasteiger partial charge in [0.2, 0.25) is 11.8 Å². The van der Waals surface area contributed by atoms with Crippen LogP contribution in [0, 0.1) is 5.92 Å². The molecule has 0 aromatic heterocycles. The zero-order valence-corrected chi connectivity index (χ0v) is 13.4. The number of nitrogens with zero attached hydrogens (tertiary/aromatic N) is 1. The van der Waals surface area contributed by atoms with E-state index in [2.05, 4.69) is 5.32 Å². The summed E-state index contributed by atoms with van der Waals surface area (Å²) in [7, 11) is 2.82. The van der Waals surface area contributed by atoms with Gasteiger partial charge in [-0.15, -0.1) is 0 Å². The molecule has 1 aromatic carbocycles. The number of esters is 1. The van der Waals surface area contributed by atoms with Crippen molar-refractivity contribution >= 4 is 29.2 Å². The number of methoxy groups -OCH3 is 2. The number of benzene rings is 1. The van der Waals surface area contributed by atoms with E-state index in [1.165, 1.54) is 19.1 Å². The molecule has 1 aliphatic rings. The molecule has 0 radical (unpaired) electrons. The lowest BCUT2D eigenvalue weighted by atomic mass is 10.1. The minimum Gasteiger partial charge on any atom is -0.497 e. The molecule has 0 saturated carbocycles. The third-order valence-corrected chi connectivity index (χ3v) is 3.75. The average Bonchev–Trinajstić information content (AvgIpc) is 2.96. The largest absolute Gasteiger partial charge is 0.497 e. The van der Waals surface area contributed by atoms with Gasteiger partial charge in [-0.3, -0.25) is 14.4 Å². The molecule has 1 atom stereocenters. The summed E-state index contributed by atoms with van der Waals surface area (Å²) in [5.74, 6) is -0.714. The summed E-state index contributed by atoms with van der Waals surface area (Å²) in [6.07, 6.45) is 0.412. The Kier molecular flexibility index (Phi) is 5.20. The van der Waals surface area contributed by atoms with E-state index in [-0.39, 0.29) is 24.8 Å². The van der Waals surface area contributed by atoms with Crippen LogP contribution in [0.3, 0.4) is 0 Å². The predicted molar refractivity (Wildman–Crippen MR) is 84.4 cm³/mol. The summed E-state index contributed by atoms with van der Waals surface area (Å²) in [5, 5.41) is 2.76. The van der Waals surface area contributed by atoms with Crippen LogP contribution in [0.25, 0.3) is 0 Å². The molecule has 7 nitrogen and oxygen atoms in total. The van der Waals surface area contributed by atoms with Crippen molar-refractivity contribution in [3.63, 3.8) is 0 Å². The van der Waals surface area contributed by atoms with E-state index >= 15 is 0 Å². The number of hydrogen-bond acceptors (Lipinski definition) is 5. The smallest absolute Gasteiger partial charge is 0.311 e. The van der Waals surface area contributed by atoms with Crippen molar-refractivity contribution in [1.82, 2.24) is 0 Å². The molecule has 2 amide bonds. The van der Waals surface area contributed by atoms with Crippen molar-refractivity contribution in [2.24, 2.45) is 5.92 Å². The summed E-state index contributed by atoms with van der Waals surface area (Å²) in [5.41, 5.74) is 1.03. The van der Waals surface area contributed by atoms with Crippen molar-refractivity contribution in [1.29, 1.82) is 0 Å². The number of anilines is 2. The fourth-order valence-electron chi connectivity index (χ4n) is 2.47. The van der Waals surface area contributed by atoms with Crippen LogP contribution < -0.4 is 15.0 Å². The minimum absolute atomic E-state index is 0.0883. The summed E-state index contributed by atoms with van der Waals surface area (Å²) >= 11 is 0. The van der Waals surface area contributed by atoms with Crippen molar-refractivity contribution in [3.05, 3.63) is 18.2 Å². The summed E-state index contributed by atoms with van der Waals surface area (Å²) < 4.78 is 9.90. The molecule has 0 bridgehead atoms. The molecule has 0 spiro atoms. The summed E-state index contributed by atoms with van der Waals surface area (Å²) in [4.78, 5) is 37.1. The number of carbonyl (C=O) groups is 3. The first kappa shape index (κ1) is 16.8. The quantitative estimate of drug-likeness (QED) is 0.832. The molecule has 1 aromatic rings. The van der Waals surface area contributed by atoms with E-state index in [9.17, 15) is 14.4 Å². The van der Waals surface area contributed by atoms with Gasteiger partial charge in [-0.2, -0.15) is 0 Å². The molecule has 1 fully saturated rings. The van der Waals surface area contributed by atoms with Crippen molar-refractivity contribution in [3.8, 4) is 5.75 Å². The van der Waals surface area contributed by atoms with E-state index in [0.717, 1.165) is 0 Å². The SMILES string of the molecule is CCC(=O)Nc1ccc(OC)cc1N1CC(C(=O)OC)CC1=O. The van der Waals surface area contributed by atoms with E-state index in [1.807, 2.05) is 0 Å². The molecule has 1 heterocycles. The maximum absolute atomic E-state index is 12.3. The third kappa shape index (κ3) is 3.61. The van der Waals surface area contributed by atoms with E-state index in [0.29, 0.717) is 23.5 Å². The molecule has 1 unspecified atom stereocenters. The van der Waals surface area contributed by atoms with Crippen LogP contribution in [0.15, 0.2) is 18.2 Å². The molecule has 1 saturated heterocycles. The van der Waals surface area contributed by atoms with Crippen LogP contribution >= 0.6 is 0 Å². The molecule has 0 aliphatic carbocycles. The predicted octanol–water partition coefficient (Wildman–Crippen LogP) is 1.57. The standard InChI is InChI=1S/C16H20N2O5/c1-4-14(19)17-12-6-5-11(22-2)8-13(12)18-9-10(7-15(18)20)16(21)23-3/h5-6,8,10H,4,7,9H2,1-3H3,(H,17,19). The Balaban J connectivity index is 2.34. The minimum atomic E-state index is -0.506. The van der Waals surface area contributed by atoms with Crippen LogP contribution in [0.2, 0.25) is 0 Å². The lowest BCUT2D eigenvalue weighted by Gasteiger charge is -2.21. The number of carbonyl (C=O) groups excluding carboxylic acids is 3. The van der Waals surface area contributed by atoms with Gasteiger partial charge in [0.25, 0.3) is 0 Å². The van der Waals surface area contributed by atoms with Gasteiger partial charge >= 0.3 is 5.97 Å². The topological polar surface area (TPSA) is 84.9 Å². The Bertz CT molecular complexity index is 629. The van der Waals surface area contributed by atoms with Crippen LogP contribution in [-0.4, -0.2) is 38.5 Å². The van der Waals surface area contributed by atoms with E-state index < -0.39 is 11.9 Å². The first-order valence-electron chi connectivity index (χ1n) is 7.36. The Morgan fingerprint density at radius 3 is 2.70 bits per heavy atom. The highest BCUT2D eigenvalue weighted by Gasteiger charge is 2.37. The molecular weight excluding hydrogens is 300 g/mol. The van der Waals surface area contributed by atoms with Gasteiger partial charge in [0.05, 0.1) is 31.5 Å². The molecular formula is C16H20N2O5. The lowest BCUT2D eigenvalue weighted by molar-refractivity contribution is -0.145. The molecule has 2 rings (SSSR count). The van der Waals surface area contributed by atoms with Crippen LogP contribution in [0.1, 0.15) is 19.8 Å². The Morgan fingerprint density at radius 2 is 2.09 bits per heavy atom. The Morgan fingerprint density at radius 1 is 1.35 bits per heavy atom. The van der Waals surface area contributed by atoms with Crippen molar-refractivity contribution in [2.75, 3.05) is 31.0 Å². The maximum atomic E-state index is 12.3. The third-order valence-electron chi connectivity index (χ3n) is 3.75. The van der Waals surface area contributed by atoms with Crippen molar-refractivity contribution < 1.29 is 23.9 Å². The fourth-order valence-corrected chi connectivity index (χ4v) is 2.47. The van der Waals surface area contributed by atoms with Gasteiger partial charge in [-0.05, 0) is 12.1 Å². The molecule has 1 N–H and O–H groups in total. The van der Waals surface area contributed by atoms with Gasteiger partial charge in [-0.25, -0.2) is 0 Å². The first-order chi connectivity index (χ1) is 11.0. The zero-order valence-electron chi connectivity index (χ0n) is 13.4. The van der Waals surface area contributed by atoms with Gasteiger partial charge in [0.1, 0.15) is 5.75 Å². The van der Waals surface area contributed by atoms with E-state index in [1.54, 1.807) is 25.1 Å². The van der Waals surface area contributed by atoms with Gasteiger partial charge in [0, 0.05) is 25.5 Å². The number of nitrogens with one attached hydrogen (secondary N) is 1. The number of amides is 2. The van der Waals surface area contributed by atoms with Crippen LogP contribution in [0.5, 0.6) is 5.75 Å². The summed E-state index contributed by atoms with van der Waals surface area (Å²) in [6, 6.07) is 5.05. The molecule has 23 heavy (non-hydrogen) atoms. The highest BCUT2D eigenvalue weighted by molar-refractivity contribution is 6.04. The second kappa shape index (κ2) is 7.13. The summed E-state index contributed by atoms with van der Waals surface area (Å²) in [6.45, 7) is 1.96. The highest BCUT2D eigenvalue weighted by atomic mass is 16.5. The lowest BCUT2D eigenvalue weighted by Crippen LogP contribution is -2.27. The van der Waals surface area contributed by atoms with E-state index in [4.69, 9.17) is 9.47 Å². The fraction of sp³-hybridized carbons (Fsp3) is 0.438. The number of hydrogen-bond donors (Lipinski definition) is 1. The normalized spacial score (nSPS) is 17.1.